The molecule has 134 valence electrons. The molecule has 0 aliphatic rings. The highest BCUT2D eigenvalue weighted by Gasteiger charge is 2.18. The molecule has 1 heterocycles. The number of para-hydroxylation sites is 1. The first kappa shape index (κ1) is 18.0. The van der Waals surface area contributed by atoms with Gasteiger partial charge in [0.15, 0.2) is 22.9 Å². The van der Waals surface area contributed by atoms with E-state index < -0.39 is 17.7 Å². The quantitative estimate of drug-likeness (QED) is 0.698. The fraction of sp³-hybridized carbons (Fsp3) is 0.158. The maximum Gasteiger partial charge on any atom is 0.266 e. The van der Waals surface area contributed by atoms with Crippen LogP contribution in [-0.4, -0.2) is 17.0 Å². The van der Waals surface area contributed by atoms with Crippen molar-refractivity contribution in [2.45, 2.75) is 20.0 Å². The van der Waals surface area contributed by atoms with Gasteiger partial charge >= 0.3 is 0 Å². The molecule has 1 amide bonds. The van der Waals surface area contributed by atoms with Crippen LogP contribution in [0, 0.1) is 18.6 Å². The first-order valence-electron chi connectivity index (χ1n) is 7.89. The number of amides is 1. The molecule has 0 fully saturated rings. The van der Waals surface area contributed by atoms with Crippen molar-refractivity contribution < 1.29 is 18.3 Å². The molecule has 0 radical (unpaired) electrons. The maximum atomic E-state index is 13.4. The largest absolute Gasteiger partial charge is 0.481 e. The van der Waals surface area contributed by atoms with E-state index in [0.29, 0.717) is 22.1 Å². The molecule has 0 saturated heterocycles. The van der Waals surface area contributed by atoms with Crippen LogP contribution in [-0.2, 0) is 4.79 Å². The summed E-state index contributed by atoms with van der Waals surface area (Å²) in [4.78, 5) is 17.4. The van der Waals surface area contributed by atoms with Crippen molar-refractivity contribution in [2.24, 2.45) is 0 Å². The van der Waals surface area contributed by atoms with Gasteiger partial charge < -0.3 is 4.74 Å². The molecule has 3 rings (SSSR count). The number of benzene rings is 2. The molecule has 7 heteroatoms. The number of thiazole rings is 1. The summed E-state index contributed by atoms with van der Waals surface area (Å²) in [7, 11) is 0. The molecule has 3 aromatic rings. The van der Waals surface area contributed by atoms with Crippen LogP contribution in [0.1, 0.15) is 11.8 Å². The van der Waals surface area contributed by atoms with Crippen molar-refractivity contribution in [1.29, 1.82) is 0 Å². The van der Waals surface area contributed by atoms with Gasteiger partial charge in [-0.3, -0.25) is 10.1 Å². The van der Waals surface area contributed by atoms with E-state index in [1.807, 2.05) is 18.2 Å². The minimum Gasteiger partial charge on any atom is -0.481 e. The molecule has 0 aliphatic heterocycles. The Morgan fingerprint density at radius 1 is 1.15 bits per heavy atom. The molecule has 0 aliphatic carbocycles. The lowest BCUT2D eigenvalue weighted by Crippen LogP contribution is -2.30. The summed E-state index contributed by atoms with van der Waals surface area (Å²) in [5, 5.41) is 3.07. The number of anilines is 1. The van der Waals surface area contributed by atoms with Crippen LogP contribution in [0.5, 0.6) is 5.75 Å². The lowest BCUT2D eigenvalue weighted by atomic mass is 10.1. The topological polar surface area (TPSA) is 51.2 Å². The number of hydrogen-bond donors (Lipinski definition) is 1. The first-order chi connectivity index (χ1) is 12.4. The number of nitrogens with zero attached hydrogens (tertiary/aromatic N) is 1. The summed E-state index contributed by atoms with van der Waals surface area (Å²) in [5.41, 5.74) is 0.951. The van der Waals surface area contributed by atoms with Crippen LogP contribution < -0.4 is 10.1 Å². The zero-order valence-corrected chi connectivity index (χ0v) is 14.9. The fourth-order valence-corrected chi connectivity index (χ4v) is 3.16. The molecule has 1 atom stereocenters. The van der Waals surface area contributed by atoms with Crippen molar-refractivity contribution in [2.75, 3.05) is 5.32 Å². The third kappa shape index (κ3) is 4.05. The highest BCUT2D eigenvalue weighted by atomic mass is 32.1. The van der Waals surface area contributed by atoms with Crippen LogP contribution in [0.15, 0.2) is 48.5 Å². The Bertz CT molecular complexity index is 929. The second-order valence-electron chi connectivity index (χ2n) is 5.62. The minimum absolute atomic E-state index is 0.348. The molecule has 0 unspecified atom stereocenters. The smallest absolute Gasteiger partial charge is 0.266 e. The van der Waals surface area contributed by atoms with Crippen LogP contribution in [0.2, 0.25) is 0 Å². The van der Waals surface area contributed by atoms with Crippen LogP contribution >= 0.6 is 11.3 Å². The van der Waals surface area contributed by atoms with Gasteiger partial charge in [0.05, 0.1) is 5.69 Å². The summed E-state index contributed by atoms with van der Waals surface area (Å²) in [5.74, 6) is -1.61. The standard InChI is InChI=1S/C19H16F2N2O2S/c1-11(25-14-6-4-3-5-7-14)18(24)23-19-22-17(12(2)26-19)13-8-9-15(20)16(21)10-13/h3-11H,1-2H3,(H,22,23,24)/t11-/m1/s1. The summed E-state index contributed by atoms with van der Waals surface area (Å²) in [6, 6.07) is 12.6. The van der Waals surface area contributed by atoms with Gasteiger partial charge in [0.1, 0.15) is 5.75 Å². The van der Waals surface area contributed by atoms with Gasteiger partial charge in [0, 0.05) is 10.4 Å². The van der Waals surface area contributed by atoms with E-state index in [1.165, 1.54) is 17.4 Å². The van der Waals surface area contributed by atoms with Gasteiger partial charge in [0.25, 0.3) is 5.91 Å². The number of ether oxygens (including phenoxy) is 1. The fourth-order valence-electron chi connectivity index (χ4n) is 2.32. The van der Waals surface area contributed by atoms with E-state index in [0.717, 1.165) is 17.0 Å². The molecule has 2 aromatic carbocycles. The molecule has 0 spiro atoms. The zero-order valence-electron chi connectivity index (χ0n) is 14.1. The molecule has 0 bridgehead atoms. The highest BCUT2D eigenvalue weighted by molar-refractivity contribution is 7.16. The third-order valence-electron chi connectivity index (χ3n) is 3.65. The summed E-state index contributed by atoms with van der Waals surface area (Å²) in [6.45, 7) is 3.44. The number of hydrogen-bond acceptors (Lipinski definition) is 4. The van der Waals surface area contributed by atoms with E-state index in [1.54, 1.807) is 26.0 Å². The van der Waals surface area contributed by atoms with E-state index >= 15 is 0 Å². The number of rotatable bonds is 5. The zero-order chi connectivity index (χ0) is 18.7. The van der Waals surface area contributed by atoms with Crippen molar-refractivity contribution in [3.8, 4) is 17.0 Å². The van der Waals surface area contributed by atoms with Gasteiger partial charge in [-0.05, 0) is 44.2 Å². The van der Waals surface area contributed by atoms with Crippen molar-refractivity contribution in [3.63, 3.8) is 0 Å². The molecule has 26 heavy (non-hydrogen) atoms. The minimum atomic E-state index is -0.939. The van der Waals surface area contributed by atoms with Crippen LogP contribution in [0.3, 0.4) is 0 Å². The Morgan fingerprint density at radius 2 is 1.88 bits per heavy atom. The Labute approximate surface area is 153 Å². The SMILES string of the molecule is Cc1sc(NC(=O)[C@@H](C)Oc2ccccc2)nc1-c1ccc(F)c(F)c1. The Balaban J connectivity index is 1.72. The summed E-state index contributed by atoms with van der Waals surface area (Å²) < 4.78 is 32.1. The number of nitrogens with one attached hydrogen (secondary N) is 1. The van der Waals surface area contributed by atoms with Gasteiger partial charge in [-0.2, -0.15) is 0 Å². The number of carbonyl (C=O) groups excluding carboxylic acids is 1. The Hall–Kier alpha value is -2.80. The summed E-state index contributed by atoms with van der Waals surface area (Å²) in [6.07, 6.45) is -0.715. The normalized spacial score (nSPS) is 11.8. The third-order valence-corrected chi connectivity index (χ3v) is 4.53. The molecule has 4 nitrogen and oxygen atoms in total. The molecule has 1 N–H and O–H groups in total. The average molecular weight is 374 g/mol. The molecule has 0 saturated carbocycles. The van der Waals surface area contributed by atoms with Crippen molar-refractivity contribution in [3.05, 3.63) is 65.0 Å². The Morgan fingerprint density at radius 3 is 2.58 bits per heavy atom. The lowest BCUT2D eigenvalue weighted by Gasteiger charge is -2.13. The predicted octanol–water partition coefficient (Wildman–Crippen LogP) is 4.80. The van der Waals surface area contributed by atoms with E-state index in [9.17, 15) is 13.6 Å². The number of aryl methyl sites for hydroxylation is 1. The van der Waals surface area contributed by atoms with Crippen LogP contribution in [0.4, 0.5) is 13.9 Å². The second-order valence-corrected chi connectivity index (χ2v) is 6.82. The maximum absolute atomic E-state index is 13.4. The van der Waals surface area contributed by atoms with Crippen molar-refractivity contribution in [1.82, 2.24) is 4.98 Å². The number of aromatic nitrogens is 1. The van der Waals surface area contributed by atoms with Gasteiger partial charge in [-0.15, -0.1) is 11.3 Å². The van der Waals surface area contributed by atoms with E-state index in [4.69, 9.17) is 4.74 Å². The van der Waals surface area contributed by atoms with E-state index in [2.05, 4.69) is 10.3 Å². The van der Waals surface area contributed by atoms with E-state index in [-0.39, 0.29) is 5.91 Å². The van der Waals surface area contributed by atoms with Gasteiger partial charge in [-0.25, -0.2) is 13.8 Å². The highest BCUT2D eigenvalue weighted by Crippen LogP contribution is 2.31. The number of carbonyl (C=O) groups is 1. The predicted molar refractivity (Wildman–Crippen MR) is 97.4 cm³/mol. The van der Waals surface area contributed by atoms with Gasteiger partial charge in [0.2, 0.25) is 0 Å². The second kappa shape index (κ2) is 7.61. The van der Waals surface area contributed by atoms with Gasteiger partial charge in [-0.1, -0.05) is 18.2 Å². The monoisotopic (exact) mass is 374 g/mol. The average Bonchev–Trinajstić information content (AvgIpc) is 2.98. The molecular formula is C19H16F2N2O2S. The molecule has 1 aromatic heterocycles. The molecular weight excluding hydrogens is 358 g/mol. The van der Waals surface area contributed by atoms with Crippen molar-refractivity contribution >= 4 is 22.4 Å². The number of halogens is 2. The first-order valence-corrected chi connectivity index (χ1v) is 8.71. The van der Waals surface area contributed by atoms with Crippen LogP contribution in [0.25, 0.3) is 11.3 Å². The Kier molecular flexibility index (Phi) is 5.27. The summed E-state index contributed by atoms with van der Waals surface area (Å²) >= 11 is 1.26. The lowest BCUT2D eigenvalue weighted by molar-refractivity contribution is -0.122.